The summed E-state index contributed by atoms with van der Waals surface area (Å²) < 4.78 is 18.7. The number of ether oxygens (including phenoxy) is 1. The molecule has 0 radical (unpaired) electrons. The van der Waals surface area contributed by atoms with Crippen molar-refractivity contribution in [2.45, 2.75) is 13.0 Å². The molecule has 0 unspecified atom stereocenters. The highest BCUT2D eigenvalue weighted by atomic mass is 35.5. The van der Waals surface area contributed by atoms with Crippen LogP contribution in [0, 0.1) is 5.82 Å². The second-order valence-electron chi connectivity index (χ2n) is 5.43. The lowest BCUT2D eigenvalue weighted by atomic mass is 10.2. The highest BCUT2D eigenvalue weighted by Crippen LogP contribution is 2.22. The van der Waals surface area contributed by atoms with Crippen LogP contribution in [0.3, 0.4) is 0 Å². The van der Waals surface area contributed by atoms with Crippen molar-refractivity contribution >= 4 is 23.2 Å². The number of hydrogen-bond donors (Lipinski definition) is 1. The molecule has 2 aromatic rings. The van der Waals surface area contributed by atoms with E-state index in [0.29, 0.717) is 18.8 Å². The molecule has 0 bridgehead atoms. The van der Waals surface area contributed by atoms with Gasteiger partial charge in [-0.15, -0.1) is 0 Å². The maximum atomic E-state index is 13.0. The lowest BCUT2D eigenvalue weighted by Crippen LogP contribution is -2.41. The van der Waals surface area contributed by atoms with Crippen LogP contribution in [0.4, 0.5) is 10.1 Å². The molecule has 1 amide bonds. The van der Waals surface area contributed by atoms with Crippen molar-refractivity contribution in [1.29, 1.82) is 0 Å². The Morgan fingerprint density at radius 3 is 2.67 bits per heavy atom. The molecule has 0 saturated heterocycles. The number of para-hydroxylation sites is 1. The topological polar surface area (TPSA) is 41.6 Å². The number of nitrogens with zero attached hydrogens (tertiary/aromatic N) is 1. The fraction of sp³-hybridized carbons (Fsp3) is 0.278. The number of rotatable bonds is 7. The van der Waals surface area contributed by atoms with E-state index in [4.69, 9.17) is 16.3 Å². The Balaban J connectivity index is 1.83. The van der Waals surface area contributed by atoms with Gasteiger partial charge in [0.2, 0.25) is 5.91 Å². The molecule has 0 aliphatic carbocycles. The predicted octanol–water partition coefficient (Wildman–Crippen LogP) is 3.82. The molecular weight excluding hydrogens is 331 g/mol. The fourth-order valence-corrected chi connectivity index (χ4v) is 2.26. The molecule has 1 atom stereocenters. The van der Waals surface area contributed by atoms with Crippen LogP contribution in [0.25, 0.3) is 0 Å². The number of nitrogens with one attached hydrogen (secondary N) is 1. The Hall–Kier alpha value is -2.11. The number of benzene rings is 2. The first-order valence-corrected chi connectivity index (χ1v) is 7.99. The number of halogens is 2. The average molecular weight is 351 g/mol. The van der Waals surface area contributed by atoms with Gasteiger partial charge in [0.05, 0.1) is 16.8 Å². The van der Waals surface area contributed by atoms with E-state index in [2.05, 4.69) is 5.32 Å². The third kappa shape index (κ3) is 5.22. The van der Waals surface area contributed by atoms with Crippen molar-refractivity contribution in [3.63, 3.8) is 0 Å². The van der Waals surface area contributed by atoms with Gasteiger partial charge in [0.15, 0.2) is 0 Å². The summed E-state index contributed by atoms with van der Waals surface area (Å²) in [6.45, 7) is 2.84. The number of likely N-dealkylation sites (N-methyl/N-ethyl adjacent to an activating group) is 1. The Kier molecular flexibility index (Phi) is 6.58. The van der Waals surface area contributed by atoms with Gasteiger partial charge in [0.1, 0.15) is 18.2 Å². The average Bonchev–Trinajstić information content (AvgIpc) is 2.57. The van der Waals surface area contributed by atoms with E-state index in [1.54, 1.807) is 6.92 Å². The molecule has 0 aliphatic rings. The van der Waals surface area contributed by atoms with Crippen LogP contribution in [-0.2, 0) is 4.79 Å². The molecule has 0 aromatic heterocycles. The Morgan fingerprint density at radius 1 is 1.29 bits per heavy atom. The minimum Gasteiger partial charge on any atom is -0.492 e. The van der Waals surface area contributed by atoms with Gasteiger partial charge in [-0.25, -0.2) is 4.39 Å². The van der Waals surface area contributed by atoms with Crippen molar-refractivity contribution < 1.29 is 13.9 Å². The Morgan fingerprint density at radius 2 is 2.00 bits per heavy atom. The van der Waals surface area contributed by atoms with E-state index in [1.165, 1.54) is 18.2 Å². The van der Waals surface area contributed by atoms with Crippen LogP contribution in [0.1, 0.15) is 6.92 Å². The Labute approximate surface area is 146 Å². The predicted molar refractivity (Wildman–Crippen MR) is 94.1 cm³/mol. The first-order chi connectivity index (χ1) is 11.5. The first kappa shape index (κ1) is 18.2. The SMILES string of the molecule is C[C@H](C(=O)Nc1ccc(F)cc1Cl)N(C)CCOc1ccccc1. The molecule has 4 nitrogen and oxygen atoms in total. The van der Waals surface area contributed by atoms with Crippen LogP contribution >= 0.6 is 11.6 Å². The highest BCUT2D eigenvalue weighted by molar-refractivity contribution is 6.33. The fourth-order valence-electron chi connectivity index (χ4n) is 2.05. The molecule has 0 fully saturated rings. The lowest BCUT2D eigenvalue weighted by molar-refractivity contribution is -0.120. The number of carbonyl (C=O) groups excluding carboxylic acids is 1. The molecule has 6 heteroatoms. The van der Waals surface area contributed by atoms with Crippen LogP contribution in [-0.4, -0.2) is 37.0 Å². The van der Waals surface area contributed by atoms with Gasteiger partial charge >= 0.3 is 0 Å². The molecule has 24 heavy (non-hydrogen) atoms. The maximum absolute atomic E-state index is 13.0. The van der Waals surface area contributed by atoms with E-state index in [-0.39, 0.29) is 17.0 Å². The van der Waals surface area contributed by atoms with E-state index >= 15 is 0 Å². The maximum Gasteiger partial charge on any atom is 0.241 e. The van der Waals surface area contributed by atoms with Gasteiger partial charge in [-0.05, 0) is 44.3 Å². The lowest BCUT2D eigenvalue weighted by Gasteiger charge is -2.24. The van der Waals surface area contributed by atoms with Crippen molar-refractivity contribution in [3.05, 3.63) is 59.4 Å². The molecular formula is C18H20ClFN2O2. The molecule has 1 N–H and O–H groups in total. The van der Waals surface area contributed by atoms with Gasteiger partial charge in [0.25, 0.3) is 0 Å². The molecule has 128 valence electrons. The van der Waals surface area contributed by atoms with Crippen LogP contribution in [0.15, 0.2) is 48.5 Å². The largest absolute Gasteiger partial charge is 0.492 e. The van der Waals surface area contributed by atoms with E-state index in [9.17, 15) is 9.18 Å². The molecule has 0 spiro atoms. The molecule has 2 aromatic carbocycles. The van der Waals surface area contributed by atoms with Gasteiger partial charge in [-0.1, -0.05) is 29.8 Å². The van der Waals surface area contributed by atoms with E-state index in [0.717, 1.165) is 5.75 Å². The van der Waals surface area contributed by atoms with Gasteiger partial charge in [-0.2, -0.15) is 0 Å². The number of hydrogen-bond acceptors (Lipinski definition) is 3. The summed E-state index contributed by atoms with van der Waals surface area (Å²) in [7, 11) is 1.84. The van der Waals surface area contributed by atoms with Gasteiger partial charge < -0.3 is 10.1 Å². The highest BCUT2D eigenvalue weighted by Gasteiger charge is 2.19. The minimum absolute atomic E-state index is 0.172. The molecule has 0 heterocycles. The summed E-state index contributed by atoms with van der Waals surface area (Å²) in [6, 6.07) is 13.0. The third-order valence-electron chi connectivity index (χ3n) is 3.69. The quantitative estimate of drug-likeness (QED) is 0.825. The summed E-state index contributed by atoms with van der Waals surface area (Å²) >= 11 is 5.92. The van der Waals surface area contributed by atoms with Crippen LogP contribution < -0.4 is 10.1 Å². The number of carbonyl (C=O) groups is 1. The smallest absolute Gasteiger partial charge is 0.241 e. The first-order valence-electron chi connectivity index (χ1n) is 7.61. The minimum atomic E-state index is -0.443. The standard InChI is InChI=1S/C18H20ClFN2O2/c1-13(18(23)21-17-9-8-14(20)12-16(17)19)22(2)10-11-24-15-6-4-3-5-7-15/h3-9,12-13H,10-11H2,1-2H3,(H,21,23)/t13-/m1/s1. The third-order valence-corrected chi connectivity index (χ3v) is 4.00. The van der Waals surface area contributed by atoms with E-state index in [1.807, 2.05) is 42.3 Å². The summed E-state index contributed by atoms with van der Waals surface area (Å²) in [6.07, 6.45) is 0. The summed E-state index contributed by atoms with van der Waals surface area (Å²) in [5, 5.41) is 2.88. The zero-order valence-corrected chi connectivity index (χ0v) is 14.4. The number of anilines is 1. The molecule has 0 saturated carbocycles. The van der Waals surface area contributed by atoms with Crippen LogP contribution in [0.2, 0.25) is 5.02 Å². The molecule has 0 aliphatic heterocycles. The summed E-state index contributed by atoms with van der Waals surface area (Å²) in [5.74, 6) is 0.132. The second-order valence-corrected chi connectivity index (χ2v) is 5.84. The van der Waals surface area contributed by atoms with Crippen molar-refractivity contribution in [2.24, 2.45) is 0 Å². The van der Waals surface area contributed by atoms with Gasteiger partial charge in [-0.3, -0.25) is 9.69 Å². The monoisotopic (exact) mass is 350 g/mol. The van der Waals surface area contributed by atoms with Crippen molar-refractivity contribution in [1.82, 2.24) is 4.90 Å². The van der Waals surface area contributed by atoms with Crippen molar-refractivity contribution in [3.8, 4) is 5.75 Å². The van der Waals surface area contributed by atoms with Crippen LogP contribution in [0.5, 0.6) is 5.75 Å². The number of amides is 1. The summed E-state index contributed by atoms with van der Waals surface area (Å²) in [5.41, 5.74) is 0.392. The normalized spacial score (nSPS) is 12.0. The second kappa shape index (κ2) is 8.66. The van der Waals surface area contributed by atoms with Gasteiger partial charge in [0, 0.05) is 6.54 Å². The zero-order chi connectivity index (χ0) is 17.5. The zero-order valence-electron chi connectivity index (χ0n) is 13.6. The van der Waals surface area contributed by atoms with E-state index < -0.39 is 5.82 Å². The van der Waals surface area contributed by atoms with Crippen molar-refractivity contribution in [2.75, 3.05) is 25.5 Å². The summed E-state index contributed by atoms with van der Waals surface area (Å²) in [4.78, 5) is 14.1. The molecule has 2 rings (SSSR count). The Bertz CT molecular complexity index is 682.